The normalized spacial score (nSPS) is 15.6. The molecule has 1 fully saturated rings. The molecule has 0 aromatic heterocycles. The van der Waals surface area contributed by atoms with Crippen LogP contribution in [0.15, 0.2) is 36.4 Å². The number of ether oxygens (including phenoxy) is 2. The SMILES string of the molecule is COc1cc(OC)cc(C(=O)Nc2ccc3c(c2)CN(C(=O)C2CC2)CC3)c1. The summed E-state index contributed by atoms with van der Waals surface area (Å²) in [5.41, 5.74) is 3.51. The number of nitrogens with zero attached hydrogens (tertiary/aromatic N) is 1. The zero-order valence-electron chi connectivity index (χ0n) is 16.2. The number of hydrogen-bond donors (Lipinski definition) is 1. The first-order valence-electron chi connectivity index (χ1n) is 9.52. The van der Waals surface area contributed by atoms with Gasteiger partial charge in [0, 0.05) is 36.3 Å². The van der Waals surface area contributed by atoms with Gasteiger partial charge in [-0.3, -0.25) is 9.59 Å². The summed E-state index contributed by atoms with van der Waals surface area (Å²) >= 11 is 0. The van der Waals surface area contributed by atoms with E-state index in [1.807, 2.05) is 23.1 Å². The predicted molar refractivity (Wildman–Crippen MR) is 106 cm³/mol. The van der Waals surface area contributed by atoms with Gasteiger partial charge in [0.2, 0.25) is 5.91 Å². The minimum absolute atomic E-state index is 0.229. The van der Waals surface area contributed by atoms with Crippen LogP contribution in [0.5, 0.6) is 11.5 Å². The fraction of sp³-hybridized carbons (Fsp3) is 0.364. The number of rotatable bonds is 5. The van der Waals surface area contributed by atoms with E-state index in [1.54, 1.807) is 32.4 Å². The van der Waals surface area contributed by atoms with E-state index < -0.39 is 0 Å². The molecule has 0 atom stereocenters. The number of fused-ring (bicyclic) bond motifs is 1. The number of methoxy groups -OCH3 is 2. The lowest BCUT2D eigenvalue weighted by Gasteiger charge is -2.29. The van der Waals surface area contributed by atoms with Crippen LogP contribution in [0.3, 0.4) is 0 Å². The molecule has 4 rings (SSSR count). The van der Waals surface area contributed by atoms with Crippen LogP contribution < -0.4 is 14.8 Å². The standard InChI is InChI=1S/C22H24N2O4/c1-27-19-10-16(11-20(12-19)28-2)21(25)23-18-6-5-14-7-8-24(13-17(14)9-18)22(26)15-3-4-15/h5-6,9-12,15H,3-4,7-8,13H2,1-2H3,(H,23,25). The van der Waals surface area contributed by atoms with Crippen molar-refractivity contribution < 1.29 is 19.1 Å². The molecule has 2 aromatic carbocycles. The predicted octanol–water partition coefficient (Wildman–Crippen LogP) is 3.25. The molecule has 2 amide bonds. The Labute approximate surface area is 164 Å². The second-order valence-corrected chi connectivity index (χ2v) is 7.32. The van der Waals surface area contributed by atoms with Crippen LogP contribution in [0, 0.1) is 5.92 Å². The summed E-state index contributed by atoms with van der Waals surface area (Å²) in [7, 11) is 3.10. The molecule has 0 saturated heterocycles. The molecular formula is C22H24N2O4. The second-order valence-electron chi connectivity index (χ2n) is 7.32. The Bertz CT molecular complexity index is 898. The van der Waals surface area contributed by atoms with Crippen LogP contribution in [0.25, 0.3) is 0 Å². The highest BCUT2D eigenvalue weighted by molar-refractivity contribution is 6.04. The fourth-order valence-corrected chi connectivity index (χ4v) is 3.55. The average molecular weight is 380 g/mol. The van der Waals surface area contributed by atoms with Gasteiger partial charge in [-0.15, -0.1) is 0 Å². The minimum atomic E-state index is -0.237. The molecule has 6 heteroatoms. The van der Waals surface area contributed by atoms with Gasteiger partial charge in [0.05, 0.1) is 14.2 Å². The zero-order chi connectivity index (χ0) is 19.7. The molecule has 0 unspecified atom stereocenters. The number of carbonyl (C=O) groups is 2. The van der Waals surface area contributed by atoms with Crippen molar-refractivity contribution in [2.45, 2.75) is 25.8 Å². The van der Waals surface area contributed by atoms with Gasteiger partial charge in [-0.05, 0) is 54.7 Å². The third-order valence-electron chi connectivity index (χ3n) is 5.33. The molecule has 1 heterocycles. The van der Waals surface area contributed by atoms with Gasteiger partial charge in [-0.1, -0.05) is 6.07 Å². The first kappa shape index (κ1) is 18.3. The lowest BCUT2D eigenvalue weighted by molar-refractivity contribution is -0.133. The number of carbonyl (C=O) groups excluding carboxylic acids is 2. The summed E-state index contributed by atoms with van der Waals surface area (Å²) in [6.45, 7) is 1.39. The van der Waals surface area contributed by atoms with Gasteiger partial charge in [0.1, 0.15) is 11.5 Å². The Morgan fingerprint density at radius 3 is 2.36 bits per heavy atom. The van der Waals surface area contributed by atoms with Gasteiger partial charge in [-0.2, -0.15) is 0 Å². The average Bonchev–Trinajstić information content (AvgIpc) is 3.57. The number of benzene rings is 2. The Hall–Kier alpha value is -3.02. The third kappa shape index (κ3) is 3.81. The van der Waals surface area contributed by atoms with Crippen molar-refractivity contribution >= 4 is 17.5 Å². The van der Waals surface area contributed by atoms with Gasteiger partial charge in [-0.25, -0.2) is 0 Å². The maximum atomic E-state index is 12.7. The van der Waals surface area contributed by atoms with Crippen molar-refractivity contribution in [1.29, 1.82) is 0 Å². The summed E-state index contributed by atoms with van der Waals surface area (Å²) in [6.07, 6.45) is 2.89. The van der Waals surface area contributed by atoms with Gasteiger partial charge in [0.25, 0.3) is 5.91 Å². The molecule has 0 spiro atoms. The molecule has 2 aliphatic rings. The molecule has 1 aliphatic heterocycles. The van der Waals surface area contributed by atoms with E-state index in [0.29, 0.717) is 29.3 Å². The highest BCUT2D eigenvalue weighted by Crippen LogP contribution is 2.33. The maximum Gasteiger partial charge on any atom is 0.255 e. The number of hydrogen-bond acceptors (Lipinski definition) is 4. The van der Waals surface area contributed by atoms with Crippen molar-refractivity contribution in [2.75, 3.05) is 26.1 Å². The van der Waals surface area contributed by atoms with Crippen molar-refractivity contribution in [2.24, 2.45) is 5.92 Å². The molecule has 1 N–H and O–H groups in total. The van der Waals surface area contributed by atoms with Crippen molar-refractivity contribution in [1.82, 2.24) is 4.90 Å². The number of nitrogens with one attached hydrogen (secondary N) is 1. The van der Waals surface area contributed by atoms with E-state index in [4.69, 9.17) is 9.47 Å². The Balaban J connectivity index is 1.50. The summed E-state index contributed by atoms with van der Waals surface area (Å²) < 4.78 is 10.5. The topological polar surface area (TPSA) is 67.9 Å². The fourth-order valence-electron chi connectivity index (χ4n) is 3.55. The molecule has 146 valence electrons. The van der Waals surface area contributed by atoms with Crippen LogP contribution in [-0.2, 0) is 17.8 Å². The first-order valence-corrected chi connectivity index (χ1v) is 9.52. The summed E-state index contributed by atoms with van der Waals surface area (Å²) in [5.74, 6) is 1.38. The van der Waals surface area contributed by atoms with E-state index >= 15 is 0 Å². The quantitative estimate of drug-likeness (QED) is 0.865. The number of amides is 2. The summed E-state index contributed by atoms with van der Waals surface area (Å²) in [6, 6.07) is 11.0. The molecule has 6 nitrogen and oxygen atoms in total. The van der Waals surface area contributed by atoms with Gasteiger partial charge >= 0.3 is 0 Å². The van der Waals surface area contributed by atoms with E-state index in [9.17, 15) is 9.59 Å². The van der Waals surface area contributed by atoms with Gasteiger partial charge < -0.3 is 19.7 Å². The third-order valence-corrected chi connectivity index (χ3v) is 5.33. The van der Waals surface area contributed by atoms with Crippen molar-refractivity contribution in [3.63, 3.8) is 0 Å². The first-order chi connectivity index (χ1) is 13.6. The van der Waals surface area contributed by atoms with Crippen LogP contribution in [0.2, 0.25) is 0 Å². The maximum absolute atomic E-state index is 12.7. The highest BCUT2D eigenvalue weighted by Gasteiger charge is 2.34. The van der Waals surface area contributed by atoms with Gasteiger partial charge in [0.15, 0.2) is 0 Å². The summed E-state index contributed by atoms with van der Waals surface area (Å²) in [4.78, 5) is 27.0. The second kappa shape index (κ2) is 7.54. The zero-order valence-corrected chi connectivity index (χ0v) is 16.2. The van der Waals surface area contributed by atoms with E-state index in [-0.39, 0.29) is 17.7 Å². The monoisotopic (exact) mass is 380 g/mol. The molecule has 0 bridgehead atoms. The number of anilines is 1. The lowest BCUT2D eigenvalue weighted by atomic mass is 9.98. The van der Waals surface area contributed by atoms with Crippen molar-refractivity contribution in [3.8, 4) is 11.5 Å². The highest BCUT2D eigenvalue weighted by atomic mass is 16.5. The minimum Gasteiger partial charge on any atom is -0.497 e. The van der Waals surface area contributed by atoms with E-state index in [1.165, 1.54) is 5.56 Å². The molecule has 0 radical (unpaired) electrons. The Kier molecular flexibility index (Phi) is 4.94. The van der Waals surface area contributed by atoms with Crippen LogP contribution in [0.4, 0.5) is 5.69 Å². The Morgan fingerprint density at radius 2 is 1.71 bits per heavy atom. The molecular weight excluding hydrogens is 356 g/mol. The smallest absolute Gasteiger partial charge is 0.255 e. The van der Waals surface area contributed by atoms with Crippen molar-refractivity contribution in [3.05, 3.63) is 53.1 Å². The van der Waals surface area contributed by atoms with E-state index in [2.05, 4.69) is 5.32 Å². The lowest BCUT2D eigenvalue weighted by Crippen LogP contribution is -2.36. The largest absolute Gasteiger partial charge is 0.497 e. The molecule has 1 aliphatic carbocycles. The molecule has 1 saturated carbocycles. The Morgan fingerprint density at radius 1 is 1.00 bits per heavy atom. The van der Waals surface area contributed by atoms with E-state index in [0.717, 1.165) is 31.4 Å². The molecule has 28 heavy (non-hydrogen) atoms. The van der Waals surface area contributed by atoms with Crippen LogP contribution >= 0.6 is 0 Å². The summed E-state index contributed by atoms with van der Waals surface area (Å²) in [5, 5.41) is 2.94. The van der Waals surface area contributed by atoms with Crippen LogP contribution in [-0.4, -0.2) is 37.5 Å². The molecule has 2 aromatic rings. The van der Waals surface area contributed by atoms with Crippen LogP contribution in [0.1, 0.15) is 34.3 Å².